The van der Waals surface area contributed by atoms with Crippen LogP contribution in [0, 0.1) is 0 Å². The lowest BCUT2D eigenvalue weighted by atomic mass is 9.68. The van der Waals surface area contributed by atoms with Crippen LogP contribution in [0.2, 0.25) is 5.02 Å². The van der Waals surface area contributed by atoms with Crippen molar-refractivity contribution >= 4 is 27.5 Å². The van der Waals surface area contributed by atoms with Crippen LogP contribution in [-0.2, 0) is 5.41 Å². The first-order valence-corrected chi connectivity index (χ1v) is 8.48. The van der Waals surface area contributed by atoms with Gasteiger partial charge >= 0.3 is 0 Å². The van der Waals surface area contributed by atoms with Crippen molar-refractivity contribution in [3.8, 4) is 0 Å². The van der Waals surface area contributed by atoms with Crippen molar-refractivity contribution in [1.82, 2.24) is 4.90 Å². The van der Waals surface area contributed by atoms with Crippen LogP contribution in [0.4, 0.5) is 0 Å². The van der Waals surface area contributed by atoms with E-state index in [2.05, 4.69) is 64.3 Å². The second-order valence-corrected chi connectivity index (χ2v) is 7.25. The van der Waals surface area contributed by atoms with E-state index in [9.17, 15) is 0 Å². The molecule has 2 aromatic carbocycles. The zero-order valence-corrected chi connectivity index (χ0v) is 14.5. The first kappa shape index (κ1) is 15.1. The predicted molar refractivity (Wildman–Crippen MR) is 93.1 cm³/mol. The van der Waals surface area contributed by atoms with Crippen molar-refractivity contribution in [1.29, 1.82) is 0 Å². The maximum absolute atomic E-state index is 6.07. The monoisotopic (exact) mass is 363 g/mol. The SMILES string of the molecule is CN1CCC(c2ccc(Cl)cc2)(c2ccc(Br)cc2)CC1. The van der Waals surface area contributed by atoms with Crippen molar-refractivity contribution in [3.05, 3.63) is 69.2 Å². The van der Waals surface area contributed by atoms with Crippen molar-refractivity contribution in [2.24, 2.45) is 0 Å². The van der Waals surface area contributed by atoms with E-state index >= 15 is 0 Å². The fraction of sp³-hybridized carbons (Fsp3) is 0.333. The van der Waals surface area contributed by atoms with Gasteiger partial charge in [0, 0.05) is 14.9 Å². The molecule has 1 heterocycles. The summed E-state index contributed by atoms with van der Waals surface area (Å²) in [6.45, 7) is 2.25. The summed E-state index contributed by atoms with van der Waals surface area (Å²) in [5, 5.41) is 0.803. The summed E-state index contributed by atoms with van der Waals surface area (Å²) in [7, 11) is 2.20. The number of hydrogen-bond donors (Lipinski definition) is 0. The van der Waals surface area contributed by atoms with E-state index in [1.54, 1.807) is 0 Å². The maximum atomic E-state index is 6.07. The van der Waals surface area contributed by atoms with Crippen LogP contribution in [-0.4, -0.2) is 25.0 Å². The molecule has 3 rings (SSSR count). The van der Waals surface area contributed by atoms with Crippen molar-refractivity contribution in [2.75, 3.05) is 20.1 Å². The molecule has 0 unspecified atom stereocenters. The molecule has 21 heavy (non-hydrogen) atoms. The van der Waals surface area contributed by atoms with E-state index in [0.717, 1.165) is 35.4 Å². The zero-order chi connectivity index (χ0) is 14.9. The van der Waals surface area contributed by atoms with Crippen LogP contribution in [0.25, 0.3) is 0 Å². The standard InChI is InChI=1S/C18H19BrClN/c1-21-12-10-18(11-13-21,14-2-6-16(19)7-3-14)15-4-8-17(20)9-5-15/h2-9H,10-13H2,1H3. The Labute approximate surface area is 140 Å². The summed E-state index contributed by atoms with van der Waals surface area (Å²) in [6.07, 6.45) is 2.29. The molecular formula is C18H19BrClN. The van der Waals surface area contributed by atoms with Gasteiger partial charge in [0.25, 0.3) is 0 Å². The van der Waals surface area contributed by atoms with Crippen LogP contribution in [0.1, 0.15) is 24.0 Å². The summed E-state index contributed by atoms with van der Waals surface area (Å²) in [5.41, 5.74) is 2.89. The van der Waals surface area contributed by atoms with E-state index in [-0.39, 0.29) is 5.41 Å². The molecule has 0 N–H and O–H groups in total. The largest absolute Gasteiger partial charge is 0.306 e. The van der Waals surface area contributed by atoms with Gasteiger partial charge in [-0.05, 0) is 68.4 Å². The van der Waals surface area contributed by atoms with Gasteiger partial charge in [-0.1, -0.05) is 51.8 Å². The van der Waals surface area contributed by atoms with E-state index in [1.807, 2.05) is 12.1 Å². The van der Waals surface area contributed by atoms with Gasteiger partial charge in [-0.2, -0.15) is 0 Å². The van der Waals surface area contributed by atoms with E-state index < -0.39 is 0 Å². The highest BCUT2D eigenvalue weighted by Crippen LogP contribution is 2.42. The van der Waals surface area contributed by atoms with E-state index in [1.165, 1.54) is 11.1 Å². The molecule has 3 heteroatoms. The lowest BCUT2D eigenvalue weighted by molar-refractivity contribution is 0.213. The Kier molecular flexibility index (Phi) is 4.39. The smallest absolute Gasteiger partial charge is 0.0406 e. The predicted octanol–water partition coefficient (Wildman–Crippen LogP) is 5.11. The summed E-state index contributed by atoms with van der Waals surface area (Å²) in [5.74, 6) is 0. The molecule has 0 spiro atoms. The molecule has 0 amide bonds. The van der Waals surface area contributed by atoms with E-state index in [4.69, 9.17) is 11.6 Å². The number of nitrogens with zero attached hydrogens (tertiary/aromatic N) is 1. The summed E-state index contributed by atoms with van der Waals surface area (Å²) >= 11 is 9.61. The first-order valence-electron chi connectivity index (χ1n) is 7.31. The van der Waals surface area contributed by atoms with Gasteiger partial charge in [0.1, 0.15) is 0 Å². The van der Waals surface area contributed by atoms with Gasteiger partial charge in [0.2, 0.25) is 0 Å². The average molecular weight is 365 g/mol. The van der Waals surface area contributed by atoms with Gasteiger partial charge in [0.15, 0.2) is 0 Å². The molecule has 0 aromatic heterocycles. The third-order valence-electron chi connectivity index (χ3n) is 4.63. The van der Waals surface area contributed by atoms with Crippen LogP contribution in [0.3, 0.4) is 0 Å². The first-order chi connectivity index (χ1) is 10.1. The Balaban J connectivity index is 2.06. The molecule has 1 aliphatic rings. The summed E-state index contributed by atoms with van der Waals surface area (Å²) in [4.78, 5) is 2.41. The highest BCUT2D eigenvalue weighted by atomic mass is 79.9. The third kappa shape index (κ3) is 3.03. The minimum atomic E-state index is 0.109. The highest BCUT2D eigenvalue weighted by Gasteiger charge is 2.36. The Morgan fingerprint density at radius 2 is 1.38 bits per heavy atom. The Morgan fingerprint density at radius 3 is 1.90 bits per heavy atom. The molecule has 110 valence electrons. The second kappa shape index (κ2) is 6.12. The van der Waals surface area contributed by atoms with Crippen LogP contribution >= 0.6 is 27.5 Å². The molecule has 0 saturated carbocycles. The normalized spacial score (nSPS) is 18.6. The van der Waals surface area contributed by atoms with Crippen molar-refractivity contribution in [2.45, 2.75) is 18.3 Å². The number of piperidine rings is 1. The van der Waals surface area contributed by atoms with Crippen LogP contribution in [0.5, 0.6) is 0 Å². The number of rotatable bonds is 2. The number of halogens is 2. The topological polar surface area (TPSA) is 3.24 Å². The minimum absolute atomic E-state index is 0.109. The second-order valence-electron chi connectivity index (χ2n) is 5.90. The van der Waals surface area contributed by atoms with E-state index in [0.29, 0.717) is 0 Å². The Bertz CT molecular complexity index is 551. The zero-order valence-electron chi connectivity index (χ0n) is 12.2. The fourth-order valence-electron chi connectivity index (χ4n) is 3.28. The summed E-state index contributed by atoms with van der Waals surface area (Å²) < 4.78 is 1.13. The molecule has 0 radical (unpaired) electrons. The molecule has 0 bridgehead atoms. The molecule has 1 saturated heterocycles. The molecule has 0 aliphatic carbocycles. The quantitative estimate of drug-likeness (QED) is 0.715. The van der Waals surface area contributed by atoms with Gasteiger partial charge < -0.3 is 4.90 Å². The molecule has 2 aromatic rings. The fourth-order valence-corrected chi connectivity index (χ4v) is 3.67. The molecule has 1 nitrogen and oxygen atoms in total. The number of hydrogen-bond acceptors (Lipinski definition) is 1. The van der Waals surface area contributed by atoms with Gasteiger partial charge in [0.05, 0.1) is 0 Å². The van der Waals surface area contributed by atoms with Gasteiger partial charge in [-0.25, -0.2) is 0 Å². The maximum Gasteiger partial charge on any atom is 0.0406 e. The minimum Gasteiger partial charge on any atom is -0.306 e. The number of benzene rings is 2. The lowest BCUT2D eigenvalue weighted by Gasteiger charge is -2.42. The Hall–Kier alpha value is -0.830. The van der Waals surface area contributed by atoms with Gasteiger partial charge in [-0.15, -0.1) is 0 Å². The van der Waals surface area contributed by atoms with Crippen molar-refractivity contribution in [3.63, 3.8) is 0 Å². The molecule has 1 aliphatic heterocycles. The van der Waals surface area contributed by atoms with Crippen LogP contribution < -0.4 is 0 Å². The van der Waals surface area contributed by atoms with Crippen LogP contribution in [0.15, 0.2) is 53.0 Å². The average Bonchev–Trinajstić information content (AvgIpc) is 2.50. The highest BCUT2D eigenvalue weighted by molar-refractivity contribution is 9.10. The Morgan fingerprint density at radius 1 is 0.905 bits per heavy atom. The molecular weight excluding hydrogens is 346 g/mol. The molecule has 0 atom stereocenters. The summed E-state index contributed by atoms with van der Waals surface area (Å²) in [6, 6.07) is 17.2. The third-order valence-corrected chi connectivity index (χ3v) is 5.41. The number of likely N-dealkylation sites (tertiary alicyclic amines) is 1. The molecule has 1 fully saturated rings. The van der Waals surface area contributed by atoms with Crippen molar-refractivity contribution < 1.29 is 0 Å². The lowest BCUT2D eigenvalue weighted by Crippen LogP contribution is -2.41. The van der Waals surface area contributed by atoms with Gasteiger partial charge in [-0.3, -0.25) is 0 Å².